The molecule has 0 saturated heterocycles. The van der Waals surface area contributed by atoms with Gasteiger partial charge in [0.1, 0.15) is 40.4 Å². The molecule has 11 nitrogen and oxygen atoms in total. The van der Waals surface area contributed by atoms with Crippen molar-refractivity contribution >= 4 is 34.3 Å². The van der Waals surface area contributed by atoms with Crippen molar-refractivity contribution < 1.29 is 35.5 Å². The molecule has 15 aromatic rings. The summed E-state index contributed by atoms with van der Waals surface area (Å²) in [4.78, 5) is 31.2. The van der Waals surface area contributed by atoms with Gasteiger partial charge < -0.3 is 32.9 Å². The first-order valence-electron chi connectivity index (χ1n) is 33.4. The third-order valence-electron chi connectivity index (χ3n) is 17.2. The smallest absolute Gasteiger partial charge is 0.455 e. The number of aromatic amines is 3. The number of aryl methyl sites for hydroxylation is 6. The third-order valence-corrected chi connectivity index (χ3v) is 18.6. The molecule has 0 amide bonds. The largest absolute Gasteiger partial charge is 0.573 e. The van der Waals surface area contributed by atoms with Gasteiger partial charge in [0, 0.05) is 67.3 Å². The molecule has 514 valence electrons. The Balaban J connectivity index is 0.000000123. The van der Waals surface area contributed by atoms with E-state index in [2.05, 4.69) is 181 Å². The fraction of sp³-hybridized carbons (Fsp3) is 0.116. The van der Waals surface area contributed by atoms with E-state index >= 15 is 0 Å². The Hall–Kier alpha value is -11.9. The van der Waals surface area contributed by atoms with Gasteiger partial charge in [-0.15, -0.1) is 24.5 Å². The summed E-state index contributed by atoms with van der Waals surface area (Å²) in [5, 5.41) is 0.0419. The Kier molecular flexibility index (Phi) is 20.9. The van der Waals surface area contributed by atoms with E-state index in [9.17, 15) is 17.6 Å². The van der Waals surface area contributed by atoms with Gasteiger partial charge in [-0.3, -0.25) is 0 Å². The molecule has 17 heteroatoms. The lowest BCUT2D eigenvalue weighted by molar-refractivity contribution is -0.274. The van der Waals surface area contributed by atoms with Crippen molar-refractivity contribution in [2.75, 3.05) is 0 Å². The van der Waals surface area contributed by atoms with Crippen LogP contribution in [-0.4, -0.2) is 42.0 Å². The fourth-order valence-corrected chi connectivity index (χ4v) is 13.0. The van der Waals surface area contributed by atoms with Crippen LogP contribution in [0.25, 0.3) is 118 Å². The zero-order valence-electron chi connectivity index (χ0n) is 57.4. The Morgan fingerprint density at radius 1 is 0.437 bits per heavy atom. The number of benzene rings is 8. The normalized spacial score (nSPS) is 11.9. The molecule has 1 aliphatic rings. The van der Waals surface area contributed by atoms with Crippen LogP contribution in [0.5, 0.6) is 5.75 Å². The number of thiophene rings is 1. The molecular formula is C86H70ClF4N7O4S. The zero-order chi connectivity index (χ0) is 71.7. The van der Waals surface area contributed by atoms with E-state index in [-0.39, 0.29) is 10.8 Å². The summed E-state index contributed by atoms with van der Waals surface area (Å²) in [6.45, 7) is 14.4. The number of hydrogen-bond donors (Lipinski definition) is 3. The Morgan fingerprint density at radius 3 is 1.39 bits per heavy atom. The molecule has 3 N–H and O–H groups in total. The zero-order valence-corrected chi connectivity index (χ0v) is 59.0. The Morgan fingerprint density at radius 2 is 0.864 bits per heavy atom. The van der Waals surface area contributed by atoms with Crippen LogP contribution >= 0.6 is 22.9 Å². The van der Waals surface area contributed by atoms with Gasteiger partial charge in [0.25, 0.3) is 0 Å². The minimum atomic E-state index is -4.80. The number of rotatable bonds is 14. The number of furan rings is 3. The number of aromatic nitrogens is 6. The number of alkyl halides is 3. The SMILES string of the molecule is CCc1ccc(-c2ccc(C3=NC(c4ccccc4)=C(C)C3)o2)cc1.Cc1[nH]c(-c2ccc(-c3ccc(OC(F)(F)F)cc3Cl)o2)nc1-c1ccc(F)cc1.Cc1ccc(-c2ccc(-c3nc(-c4ccccc4)c(C)[nH]3)o2)cc1.Cc1ccc(-c2ccc(-c3nc(-c4ccccc4)c(C)[nH]3)s2)cc1. The summed E-state index contributed by atoms with van der Waals surface area (Å²) in [6, 6.07) is 81.5. The van der Waals surface area contributed by atoms with E-state index in [4.69, 9.17) is 39.8 Å². The van der Waals surface area contributed by atoms with Crippen molar-refractivity contribution in [3.8, 4) is 118 Å². The molecule has 0 aliphatic carbocycles. The third kappa shape index (κ3) is 16.8. The molecule has 0 unspecified atom stereocenters. The van der Waals surface area contributed by atoms with Crippen LogP contribution in [0.2, 0.25) is 5.02 Å². The lowest BCUT2D eigenvalue weighted by atomic mass is 10.1. The van der Waals surface area contributed by atoms with E-state index in [1.165, 1.54) is 50.9 Å². The van der Waals surface area contributed by atoms with Crippen molar-refractivity contribution in [3.63, 3.8) is 0 Å². The van der Waals surface area contributed by atoms with Gasteiger partial charge in [-0.2, -0.15) is 0 Å². The predicted octanol–water partition coefficient (Wildman–Crippen LogP) is 24.8. The summed E-state index contributed by atoms with van der Waals surface area (Å²) in [5.41, 5.74) is 20.7. The molecule has 0 radical (unpaired) electrons. The minimum Gasteiger partial charge on any atom is -0.455 e. The van der Waals surface area contributed by atoms with Crippen LogP contribution in [0, 0.1) is 40.4 Å². The molecule has 0 atom stereocenters. The molecule has 0 spiro atoms. The number of halogens is 5. The first-order valence-corrected chi connectivity index (χ1v) is 34.6. The van der Waals surface area contributed by atoms with Crippen molar-refractivity contribution in [3.05, 3.63) is 316 Å². The predicted molar refractivity (Wildman–Crippen MR) is 406 cm³/mol. The molecule has 103 heavy (non-hydrogen) atoms. The summed E-state index contributed by atoms with van der Waals surface area (Å²) in [7, 11) is 0. The van der Waals surface area contributed by atoms with Crippen molar-refractivity contribution in [2.24, 2.45) is 4.99 Å². The van der Waals surface area contributed by atoms with Crippen molar-refractivity contribution in [2.45, 2.75) is 67.7 Å². The van der Waals surface area contributed by atoms with E-state index in [1.807, 2.05) is 92.7 Å². The van der Waals surface area contributed by atoms with Gasteiger partial charge in [-0.25, -0.2) is 24.3 Å². The number of H-pyrrole nitrogens is 3. The second-order valence-electron chi connectivity index (χ2n) is 24.8. The second kappa shape index (κ2) is 31.0. The minimum absolute atomic E-state index is 0.0419. The molecule has 8 aromatic carbocycles. The van der Waals surface area contributed by atoms with Crippen molar-refractivity contribution in [1.82, 2.24) is 29.9 Å². The number of allylic oxidation sites excluding steroid dienone is 1. The molecule has 16 rings (SSSR count). The molecule has 8 heterocycles. The highest BCUT2D eigenvalue weighted by molar-refractivity contribution is 7.18. The van der Waals surface area contributed by atoms with E-state index < -0.39 is 12.1 Å². The van der Waals surface area contributed by atoms with E-state index in [0.717, 1.165) is 138 Å². The lowest BCUT2D eigenvalue weighted by Gasteiger charge is -2.10. The van der Waals surface area contributed by atoms with Gasteiger partial charge >= 0.3 is 6.36 Å². The average molecular weight is 1410 g/mol. The standard InChI is InChI=1S/C23H21NO.C21H13ClF4N2O2.C21H18N2O.C21H18N2S/c1-3-17-9-11-18(12-10-17)21-13-14-22(25-21)20-15-16(2)23(24-20)19-7-5-4-6-8-19;1-11-19(12-2-4-13(23)5-3-12)28-20(27-11)18-9-8-17(29-18)15-7-6-14(10-16(15)22)30-21(24,25)26;2*1-14-8-10-16(11-9-14)18-12-13-19(24-18)21-22-15(2)20(23-21)17-6-4-3-5-7-17/h4-14H,3,15H2,1-2H3;2-10H,1H3,(H,27,28);2*3-13H,1-2H3,(H,22,23). The van der Waals surface area contributed by atoms with Crippen LogP contribution < -0.4 is 4.74 Å². The maximum atomic E-state index is 13.2. The second-order valence-corrected chi connectivity index (χ2v) is 26.3. The summed E-state index contributed by atoms with van der Waals surface area (Å²) in [5.74, 6) is 5.49. The molecule has 0 saturated carbocycles. The summed E-state index contributed by atoms with van der Waals surface area (Å²) >= 11 is 7.88. The van der Waals surface area contributed by atoms with Crippen LogP contribution in [0.3, 0.4) is 0 Å². The van der Waals surface area contributed by atoms with Gasteiger partial charge in [-0.05, 0) is 156 Å². The molecule has 1 aliphatic heterocycles. The number of ether oxygens (including phenoxy) is 1. The van der Waals surface area contributed by atoms with Crippen LogP contribution in [-0.2, 0) is 6.42 Å². The molecule has 0 fully saturated rings. The van der Waals surface area contributed by atoms with Crippen LogP contribution in [0.1, 0.15) is 65.4 Å². The topological polar surface area (TPSA) is 147 Å². The van der Waals surface area contributed by atoms with Crippen molar-refractivity contribution in [1.29, 1.82) is 0 Å². The summed E-state index contributed by atoms with van der Waals surface area (Å²) < 4.78 is 72.0. The number of hydrogen-bond acceptors (Lipinski definition) is 9. The Labute approximate surface area is 603 Å². The number of nitrogens with zero attached hydrogens (tertiary/aromatic N) is 4. The molecule has 7 aromatic heterocycles. The Bertz CT molecular complexity index is 5270. The quantitative estimate of drug-likeness (QED) is 0.0919. The molecule has 0 bridgehead atoms. The first-order chi connectivity index (χ1) is 49.8. The number of aliphatic imine (C=N–C) groups is 1. The number of nitrogens with one attached hydrogen (secondary N) is 3. The lowest BCUT2D eigenvalue weighted by Crippen LogP contribution is -2.17. The van der Waals surface area contributed by atoms with Gasteiger partial charge in [-0.1, -0.05) is 193 Å². The highest BCUT2D eigenvalue weighted by atomic mass is 35.5. The fourth-order valence-electron chi connectivity index (χ4n) is 11.8. The van der Waals surface area contributed by atoms with E-state index in [0.29, 0.717) is 28.6 Å². The van der Waals surface area contributed by atoms with E-state index in [1.54, 1.807) is 35.6 Å². The van der Waals surface area contributed by atoms with Crippen LogP contribution in [0.15, 0.2) is 279 Å². The summed E-state index contributed by atoms with van der Waals surface area (Å²) in [6.07, 6.45) is -2.91. The van der Waals surface area contributed by atoms with Crippen LogP contribution in [0.4, 0.5) is 17.6 Å². The maximum Gasteiger partial charge on any atom is 0.573 e. The monoisotopic (exact) mass is 1410 g/mol. The first kappa shape index (κ1) is 69.6. The molecular weight excluding hydrogens is 1340 g/mol. The average Bonchev–Trinajstić information content (AvgIpc) is 1.68. The highest BCUT2D eigenvalue weighted by Gasteiger charge is 2.31. The maximum absolute atomic E-state index is 13.2. The number of imidazole rings is 3. The highest BCUT2D eigenvalue weighted by Crippen LogP contribution is 2.40. The van der Waals surface area contributed by atoms with Gasteiger partial charge in [0.15, 0.2) is 23.2 Å². The van der Waals surface area contributed by atoms with Gasteiger partial charge in [0.2, 0.25) is 0 Å². The van der Waals surface area contributed by atoms with Gasteiger partial charge in [0.05, 0.1) is 38.4 Å².